The summed E-state index contributed by atoms with van der Waals surface area (Å²) in [5, 5.41) is 3.05. The molecule has 2 amide bonds. The van der Waals surface area contributed by atoms with Gasteiger partial charge in [0.25, 0.3) is 5.91 Å². The van der Waals surface area contributed by atoms with Gasteiger partial charge in [-0.05, 0) is 37.1 Å². The molecule has 2 aliphatic rings. The lowest BCUT2D eigenvalue weighted by molar-refractivity contribution is -0.142. The Labute approximate surface area is 181 Å². The molecular formula is C23H27N3O3S. The first-order valence-electron chi connectivity index (χ1n) is 10.4. The van der Waals surface area contributed by atoms with Gasteiger partial charge in [-0.15, -0.1) is 0 Å². The largest absolute Gasteiger partial charge is 0.368 e. The molecule has 0 aliphatic carbocycles. The van der Waals surface area contributed by atoms with Gasteiger partial charge in [0.2, 0.25) is 5.91 Å². The standard InChI is InChI=1S/C23H27N3O3S/c27-22(17-25-12-14-26(15-13-25)23(28)20-10-6-16-29-20)24-19-9-4-5-11-21(19)30-18-7-2-1-3-8-18/h1-5,7-9,11,20H,6,10,12-17H2,(H,24,27). The van der Waals surface area contributed by atoms with E-state index in [1.165, 1.54) is 0 Å². The third kappa shape index (κ3) is 5.41. The molecule has 158 valence electrons. The van der Waals surface area contributed by atoms with Crippen molar-refractivity contribution in [2.24, 2.45) is 0 Å². The van der Waals surface area contributed by atoms with Crippen LogP contribution in [0.3, 0.4) is 0 Å². The minimum absolute atomic E-state index is 0.0324. The van der Waals surface area contributed by atoms with E-state index >= 15 is 0 Å². The van der Waals surface area contributed by atoms with Crippen molar-refractivity contribution in [2.45, 2.75) is 28.7 Å². The quantitative estimate of drug-likeness (QED) is 0.771. The minimum atomic E-state index is -0.265. The summed E-state index contributed by atoms with van der Waals surface area (Å²) in [6, 6.07) is 18.0. The molecular weight excluding hydrogens is 398 g/mol. The molecule has 0 saturated carbocycles. The molecule has 0 bridgehead atoms. The monoisotopic (exact) mass is 425 g/mol. The van der Waals surface area contributed by atoms with E-state index in [0.29, 0.717) is 39.3 Å². The summed E-state index contributed by atoms with van der Waals surface area (Å²) < 4.78 is 5.51. The second kappa shape index (κ2) is 10.1. The Kier molecular flexibility index (Phi) is 7.04. The van der Waals surface area contributed by atoms with Gasteiger partial charge in [0.1, 0.15) is 6.10 Å². The van der Waals surface area contributed by atoms with Crippen LogP contribution in [0.1, 0.15) is 12.8 Å². The number of hydrogen-bond acceptors (Lipinski definition) is 5. The highest BCUT2D eigenvalue weighted by Gasteiger charge is 2.30. The third-order valence-electron chi connectivity index (χ3n) is 5.39. The van der Waals surface area contributed by atoms with Crippen LogP contribution in [0.4, 0.5) is 5.69 Å². The zero-order valence-electron chi connectivity index (χ0n) is 17.0. The number of amides is 2. The summed E-state index contributed by atoms with van der Waals surface area (Å²) in [4.78, 5) is 31.2. The number of rotatable bonds is 6. The Morgan fingerprint density at radius 3 is 2.47 bits per heavy atom. The first-order chi connectivity index (χ1) is 14.7. The van der Waals surface area contributed by atoms with E-state index in [9.17, 15) is 9.59 Å². The van der Waals surface area contributed by atoms with Crippen molar-refractivity contribution in [1.82, 2.24) is 9.80 Å². The van der Waals surface area contributed by atoms with Gasteiger partial charge in [-0.3, -0.25) is 14.5 Å². The Hall–Kier alpha value is -2.35. The van der Waals surface area contributed by atoms with Gasteiger partial charge >= 0.3 is 0 Å². The summed E-state index contributed by atoms with van der Waals surface area (Å²) in [5.41, 5.74) is 0.823. The molecule has 7 heteroatoms. The van der Waals surface area contributed by atoms with E-state index in [2.05, 4.69) is 22.3 Å². The Morgan fingerprint density at radius 1 is 1.00 bits per heavy atom. The number of nitrogens with one attached hydrogen (secondary N) is 1. The molecule has 0 radical (unpaired) electrons. The summed E-state index contributed by atoms with van der Waals surface area (Å²) in [7, 11) is 0. The van der Waals surface area contributed by atoms with Crippen LogP contribution in [0.15, 0.2) is 64.4 Å². The number of benzene rings is 2. The lowest BCUT2D eigenvalue weighted by atomic mass is 10.2. The zero-order chi connectivity index (χ0) is 20.8. The molecule has 1 atom stereocenters. The van der Waals surface area contributed by atoms with E-state index in [-0.39, 0.29) is 17.9 Å². The highest BCUT2D eigenvalue weighted by atomic mass is 32.2. The number of nitrogens with zero attached hydrogens (tertiary/aromatic N) is 2. The second-order valence-corrected chi connectivity index (χ2v) is 8.68. The minimum Gasteiger partial charge on any atom is -0.368 e. The molecule has 6 nitrogen and oxygen atoms in total. The molecule has 4 rings (SSSR count). The van der Waals surface area contributed by atoms with E-state index in [1.807, 2.05) is 47.4 Å². The average molecular weight is 426 g/mol. The van der Waals surface area contributed by atoms with Gasteiger partial charge in [0.05, 0.1) is 12.2 Å². The topological polar surface area (TPSA) is 61.9 Å². The van der Waals surface area contributed by atoms with Crippen molar-refractivity contribution >= 4 is 29.3 Å². The van der Waals surface area contributed by atoms with Crippen molar-refractivity contribution in [2.75, 3.05) is 44.6 Å². The third-order valence-corrected chi connectivity index (χ3v) is 6.47. The van der Waals surface area contributed by atoms with Crippen LogP contribution in [0.5, 0.6) is 0 Å². The molecule has 2 saturated heterocycles. The Morgan fingerprint density at radius 2 is 1.73 bits per heavy atom. The molecule has 2 aliphatic heterocycles. The first kappa shape index (κ1) is 20.9. The molecule has 2 fully saturated rings. The maximum Gasteiger partial charge on any atom is 0.251 e. The lowest BCUT2D eigenvalue weighted by Gasteiger charge is -2.35. The highest BCUT2D eigenvalue weighted by Crippen LogP contribution is 2.33. The normalized spacial score (nSPS) is 19.6. The number of hydrogen-bond donors (Lipinski definition) is 1. The molecule has 0 aromatic heterocycles. The molecule has 2 heterocycles. The van der Waals surface area contributed by atoms with Crippen LogP contribution < -0.4 is 5.32 Å². The van der Waals surface area contributed by atoms with Gasteiger partial charge in [-0.1, -0.05) is 42.1 Å². The van der Waals surface area contributed by atoms with E-state index in [0.717, 1.165) is 28.3 Å². The second-order valence-electron chi connectivity index (χ2n) is 7.56. The average Bonchev–Trinajstić information content (AvgIpc) is 3.31. The number of anilines is 1. The fraction of sp³-hybridized carbons (Fsp3) is 0.391. The van der Waals surface area contributed by atoms with E-state index < -0.39 is 0 Å². The lowest BCUT2D eigenvalue weighted by Crippen LogP contribution is -2.52. The Balaban J connectivity index is 1.28. The number of carbonyl (C=O) groups excluding carboxylic acids is 2. The fourth-order valence-corrected chi connectivity index (χ4v) is 4.69. The molecule has 0 spiro atoms. The van der Waals surface area contributed by atoms with E-state index in [4.69, 9.17) is 4.74 Å². The predicted molar refractivity (Wildman–Crippen MR) is 118 cm³/mol. The summed E-state index contributed by atoms with van der Waals surface area (Å²) in [5.74, 6) is 0.0680. The maximum atomic E-state index is 12.6. The van der Waals surface area contributed by atoms with Crippen LogP contribution >= 0.6 is 11.8 Å². The van der Waals surface area contributed by atoms with Crippen LogP contribution in [0, 0.1) is 0 Å². The number of ether oxygens (including phenoxy) is 1. The van der Waals surface area contributed by atoms with Crippen LogP contribution in [0.25, 0.3) is 0 Å². The first-order valence-corrected chi connectivity index (χ1v) is 11.3. The smallest absolute Gasteiger partial charge is 0.251 e. The van der Waals surface area contributed by atoms with Gasteiger partial charge in [-0.2, -0.15) is 0 Å². The molecule has 1 N–H and O–H groups in total. The number of piperazine rings is 1. The maximum absolute atomic E-state index is 12.6. The van der Waals surface area contributed by atoms with E-state index in [1.54, 1.807) is 11.8 Å². The van der Waals surface area contributed by atoms with Crippen LogP contribution in [-0.2, 0) is 14.3 Å². The molecule has 2 aromatic rings. The molecule has 1 unspecified atom stereocenters. The van der Waals surface area contributed by atoms with Gasteiger partial charge in [0.15, 0.2) is 0 Å². The predicted octanol–water partition coefficient (Wildman–Crippen LogP) is 3.10. The van der Waals surface area contributed by atoms with Crippen molar-refractivity contribution in [3.05, 3.63) is 54.6 Å². The summed E-state index contributed by atoms with van der Waals surface area (Å²) in [6.45, 7) is 3.70. The number of carbonyl (C=O) groups is 2. The highest BCUT2D eigenvalue weighted by molar-refractivity contribution is 7.99. The SMILES string of the molecule is O=C(CN1CCN(C(=O)C2CCCO2)CC1)Nc1ccccc1Sc1ccccc1. The Bertz CT molecular complexity index is 863. The van der Waals surface area contributed by atoms with Gasteiger partial charge in [0, 0.05) is 42.6 Å². The summed E-state index contributed by atoms with van der Waals surface area (Å²) >= 11 is 1.63. The molecule has 30 heavy (non-hydrogen) atoms. The zero-order valence-corrected chi connectivity index (χ0v) is 17.8. The number of para-hydroxylation sites is 1. The molecule has 2 aromatic carbocycles. The van der Waals surface area contributed by atoms with Crippen molar-refractivity contribution in [3.8, 4) is 0 Å². The van der Waals surface area contributed by atoms with Crippen molar-refractivity contribution in [1.29, 1.82) is 0 Å². The fourth-order valence-electron chi connectivity index (χ4n) is 3.77. The van der Waals surface area contributed by atoms with Crippen molar-refractivity contribution < 1.29 is 14.3 Å². The van der Waals surface area contributed by atoms with Gasteiger partial charge < -0.3 is 15.0 Å². The van der Waals surface area contributed by atoms with Crippen LogP contribution in [0.2, 0.25) is 0 Å². The van der Waals surface area contributed by atoms with Crippen molar-refractivity contribution in [3.63, 3.8) is 0 Å². The van der Waals surface area contributed by atoms with Gasteiger partial charge in [-0.25, -0.2) is 0 Å². The van der Waals surface area contributed by atoms with Crippen LogP contribution in [-0.4, -0.2) is 67.0 Å². The summed E-state index contributed by atoms with van der Waals surface area (Å²) in [6.07, 6.45) is 1.51.